The summed E-state index contributed by atoms with van der Waals surface area (Å²) in [7, 11) is -2.96. The third kappa shape index (κ3) is 3.51. The lowest BCUT2D eigenvalue weighted by atomic mass is 10.1. The molecule has 20 heavy (non-hydrogen) atoms. The van der Waals surface area contributed by atoms with E-state index in [0.717, 1.165) is 13.1 Å². The van der Waals surface area contributed by atoms with Crippen molar-refractivity contribution in [2.75, 3.05) is 37.7 Å². The SMILES string of the molecule is CCN(C(=O)CN1CC(C)C(N)C1)C1CCS(=O)(=O)C1. The van der Waals surface area contributed by atoms with Crippen molar-refractivity contribution in [2.24, 2.45) is 11.7 Å². The van der Waals surface area contributed by atoms with Crippen molar-refractivity contribution in [3.05, 3.63) is 0 Å². The zero-order valence-electron chi connectivity index (χ0n) is 12.3. The predicted octanol–water partition coefficient (Wildman–Crippen LogP) is -0.699. The fourth-order valence-corrected chi connectivity index (χ4v) is 4.90. The van der Waals surface area contributed by atoms with Crippen molar-refractivity contribution in [3.63, 3.8) is 0 Å². The number of amides is 1. The number of nitrogens with two attached hydrogens (primary N) is 1. The van der Waals surface area contributed by atoms with Crippen LogP contribution >= 0.6 is 0 Å². The fourth-order valence-electron chi connectivity index (χ4n) is 3.17. The number of hydrogen-bond donors (Lipinski definition) is 1. The van der Waals surface area contributed by atoms with Crippen LogP contribution in [0.4, 0.5) is 0 Å². The van der Waals surface area contributed by atoms with Crippen LogP contribution in [0.5, 0.6) is 0 Å². The summed E-state index contributed by atoms with van der Waals surface area (Å²) >= 11 is 0. The first-order valence-electron chi connectivity index (χ1n) is 7.30. The Balaban J connectivity index is 1.93. The normalized spacial score (nSPS) is 33.5. The monoisotopic (exact) mass is 303 g/mol. The molecular weight excluding hydrogens is 278 g/mol. The number of likely N-dealkylation sites (tertiary alicyclic amines) is 1. The minimum atomic E-state index is -2.96. The van der Waals surface area contributed by atoms with E-state index in [1.165, 1.54) is 0 Å². The molecule has 2 aliphatic heterocycles. The fraction of sp³-hybridized carbons (Fsp3) is 0.923. The molecule has 2 rings (SSSR count). The second-order valence-corrected chi connectivity index (χ2v) is 8.30. The van der Waals surface area contributed by atoms with E-state index in [2.05, 4.69) is 11.8 Å². The number of carbonyl (C=O) groups is 1. The summed E-state index contributed by atoms with van der Waals surface area (Å²) in [6.07, 6.45) is 0.567. The molecule has 7 heteroatoms. The van der Waals surface area contributed by atoms with Gasteiger partial charge >= 0.3 is 0 Å². The van der Waals surface area contributed by atoms with Gasteiger partial charge in [-0.15, -0.1) is 0 Å². The maximum Gasteiger partial charge on any atom is 0.237 e. The van der Waals surface area contributed by atoms with Crippen molar-refractivity contribution in [1.82, 2.24) is 9.80 Å². The van der Waals surface area contributed by atoms with Crippen LogP contribution in [-0.2, 0) is 14.6 Å². The lowest BCUT2D eigenvalue weighted by Gasteiger charge is -2.29. The quantitative estimate of drug-likeness (QED) is 0.742. The van der Waals surface area contributed by atoms with Crippen LogP contribution in [-0.4, -0.2) is 73.9 Å². The minimum Gasteiger partial charge on any atom is -0.338 e. The van der Waals surface area contributed by atoms with Gasteiger partial charge in [0.15, 0.2) is 9.84 Å². The summed E-state index contributed by atoms with van der Waals surface area (Å²) in [6.45, 7) is 6.50. The van der Waals surface area contributed by atoms with Crippen LogP contribution in [0.2, 0.25) is 0 Å². The highest BCUT2D eigenvalue weighted by Gasteiger charge is 2.35. The second-order valence-electron chi connectivity index (χ2n) is 6.07. The van der Waals surface area contributed by atoms with Crippen LogP contribution in [0, 0.1) is 5.92 Å². The standard InChI is InChI=1S/C13H25N3O3S/c1-3-16(11-4-5-20(18,19)9-11)13(17)8-15-6-10(2)12(14)7-15/h10-12H,3-9,14H2,1-2H3. The van der Waals surface area contributed by atoms with E-state index in [4.69, 9.17) is 5.73 Å². The summed E-state index contributed by atoms with van der Waals surface area (Å²) in [5, 5.41) is 0. The Morgan fingerprint density at radius 1 is 1.40 bits per heavy atom. The molecule has 2 fully saturated rings. The van der Waals surface area contributed by atoms with Gasteiger partial charge in [-0.1, -0.05) is 6.92 Å². The Morgan fingerprint density at radius 3 is 2.55 bits per heavy atom. The Bertz CT molecular complexity index is 455. The molecule has 3 atom stereocenters. The molecular formula is C13H25N3O3S. The van der Waals surface area contributed by atoms with Crippen molar-refractivity contribution >= 4 is 15.7 Å². The van der Waals surface area contributed by atoms with Gasteiger partial charge in [0.05, 0.1) is 18.1 Å². The Hall–Kier alpha value is -0.660. The minimum absolute atomic E-state index is 0.0240. The molecule has 0 spiro atoms. The molecule has 0 aliphatic carbocycles. The molecule has 0 aromatic rings. The largest absolute Gasteiger partial charge is 0.338 e. The van der Waals surface area contributed by atoms with Gasteiger partial charge in [0.1, 0.15) is 0 Å². The van der Waals surface area contributed by atoms with Crippen LogP contribution in [0.3, 0.4) is 0 Å². The Labute approximate surface area is 121 Å². The highest BCUT2D eigenvalue weighted by atomic mass is 32.2. The molecule has 2 heterocycles. The number of likely N-dealkylation sites (N-methyl/N-ethyl adjacent to an activating group) is 1. The van der Waals surface area contributed by atoms with Crippen LogP contribution in [0.15, 0.2) is 0 Å². The van der Waals surface area contributed by atoms with E-state index in [9.17, 15) is 13.2 Å². The van der Waals surface area contributed by atoms with E-state index in [0.29, 0.717) is 25.4 Å². The average molecular weight is 303 g/mol. The van der Waals surface area contributed by atoms with Crippen LogP contribution < -0.4 is 5.73 Å². The highest BCUT2D eigenvalue weighted by molar-refractivity contribution is 7.91. The first-order chi connectivity index (χ1) is 9.32. The van der Waals surface area contributed by atoms with E-state index < -0.39 is 9.84 Å². The first-order valence-corrected chi connectivity index (χ1v) is 9.12. The molecule has 2 saturated heterocycles. The molecule has 2 aliphatic rings. The van der Waals surface area contributed by atoms with Gasteiger partial charge in [0.2, 0.25) is 5.91 Å². The first kappa shape index (κ1) is 15.7. The summed E-state index contributed by atoms with van der Waals surface area (Å²) in [5.74, 6) is 0.746. The molecule has 0 radical (unpaired) electrons. The zero-order valence-corrected chi connectivity index (χ0v) is 13.1. The molecule has 6 nitrogen and oxygen atoms in total. The van der Waals surface area contributed by atoms with Gasteiger partial charge in [-0.25, -0.2) is 8.42 Å². The molecule has 0 bridgehead atoms. The number of nitrogens with zero attached hydrogens (tertiary/aromatic N) is 2. The summed E-state index contributed by atoms with van der Waals surface area (Å²) < 4.78 is 23.1. The highest BCUT2D eigenvalue weighted by Crippen LogP contribution is 2.19. The average Bonchev–Trinajstić information content (AvgIpc) is 2.84. The molecule has 1 amide bonds. The van der Waals surface area contributed by atoms with Gasteiger partial charge in [-0.2, -0.15) is 0 Å². The number of sulfone groups is 1. The maximum atomic E-state index is 12.4. The van der Waals surface area contributed by atoms with E-state index in [1.54, 1.807) is 4.90 Å². The van der Waals surface area contributed by atoms with Crippen LogP contribution in [0.25, 0.3) is 0 Å². The molecule has 0 aromatic heterocycles. The van der Waals surface area contributed by atoms with Gasteiger partial charge < -0.3 is 10.6 Å². The van der Waals surface area contributed by atoms with Gasteiger partial charge in [-0.05, 0) is 19.3 Å². The lowest BCUT2D eigenvalue weighted by Crippen LogP contribution is -2.46. The second kappa shape index (κ2) is 5.99. The Morgan fingerprint density at radius 2 is 2.10 bits per heavy atom. The summed E-state index contributed by atoms with van der Waals surface area (Å²) in [5.41, 5.74) is 5.96. The van der Waals surface area contributed by atoms with E-state index in [1.807, 2.05) is 6.92 Å². The molecule has 116 valence electrons. The molecule has 3 unspecified atom stereocenters. The summed E-state index contributed by atoms with van der Waals surface area (Å²) in [4.78, 5) is 16.2. The van der Waals surface area contributed by atoms with Crippen molar-refractivity contribution in [1.29, 1.82) is 0 Å². The zero-order chi connectivity index (χ0) is 14.9. The maximum absolute atomic E-state index is 12.4. The van der Waals surface area contributed by atoms with Gasteiger partial charge in [0, 0.05) is 31.7 Å². The van der Waals surface area contributed by atoms with Crippen molar-refractivity contribution in [3.8, 4) is 0 Å². The third-order valence-corrected chi connectivity index (χ3v) is 6.17. The van der Waals surface area contributed by atoms with Gasteiger partial charge in [0.25, 0.3) is 0 Å². The topological polar surface area (TPSA) is 83.7 Å². The number of carbonyl (C=O) groups excluding carboxylic acids is 1. The molecule has 2 N–H and O–H groups in total. The van der Waals surface area contributed by atoms with E-state index in [-0.39, 0.29) is 29.5 Å². The smallest absolute Gasteiger partial charge is 0.237 e. The predicted molar refractivity (Wildman–Crippen MR) is 78.0 cm³/mol. The van der Waals surface area contributed by atoms with Gasteiger partial charge in [-0.3, -0.25) is 9.69 Å². The van der Waals surface area contributed by atoms with Crippen molar-refractivity contribution < 1.29 is 13.2 Å². The van der Waals surface area contributed by atoms with Crippen molar-refractivity contribution in [2.45, 2.75) is 32.4 Å². The Kier molecular flexibility index (Phi) is 4.71. The third-order valence-electron chi connectivity index (χ3n) is 4.42. The number of hydrogen-bond acceptors (Lipinski definition) is 5. The van der Waals surface area contributed by atoms with E-state index >= 15 is 0 Å². The van der Waals surface area contributed by atoms with Crippen LogP contribution in [0.1, 0.15) is 20.3 Å². The summed E-state index contributed by atoms with van der Waals surface area (Å²) in [6, 6.07) is -0.0177. The molecule has 0 aromatic carbocycles. The molecule has 0 saturated carbocycles. The number of rotatable bonds is 4. The lowest BCUT2D eigenvalue weighted by molar-refractivity contribution is -0.133.